The summed E-state index contributed by atoms with van der Waals surface area (Å²) in [6.45, 7) is 2.56. The Morgan fingerprint density at radius 1 is 1.31 bits per heavy atom. The molecule has 26 heavy (non-hydrogen) atoms. The maximum Gasteiger partial charge on any atom is 0.230 e. The van der Waals surface area contributed by atoms with Crippen molar-refractivity contribution in [1.29, 1.82) is 0 Å². The zero-order chi connectivity index (χ0) is 18.6. The van der Waals surface area contributed by atoms with Crippen LogP contribution in [-0.4, -0.2) is 47.7 Å². The van der Waals surface area contributed by atoms with E-state index in [-0.39, 0.29) is 24.1 Å². The SMILES string of the molecule is CCCS(=O)(=O)N1CCC[C@@H](C(=O)Nc2nnc(-c3ccccc3)s2)C1. The molecule has 0 saturated carbocycles. The van der Waals surface area contributed by atoms with Gasteiger partial charge in [-0.2, -0.15) is 0 Å². The molecule has 140 valence electrons. The third-order valence-electron chi connectivity index (χ3n) is 4.29. The fraction of sp³-hybridized carbons (Fsp3) is 0.471. The Labute approximate surface area is 157 Å². The first kappa shape index (κ1) is 18.9. The van der Waals surface area contributed by atoms with Crippen LogP contribution in [0.5, 0.6) is 0 Å². The van der Waals surface area contributed by atoms with E-state index in [1.54, 1.807) is 0 Å². The number of anilines is 1. The Kier molecular flexibility index (Phi) is 6.00. The number of piperidine rings is 1. The molecule has 1 aromatic carbocycles. The van der Waals surface area contributed by atoms with Gasteiger partial charge in [0, 0.05) is 18.7 Å². The van der Waals surface area contributed by atoms with Gasteiger partial charge in [0.1, 0.15) is 5.01 Å². The molecule has 1 saturated heterocycles. The van der Waals surface area contributed by atoms with Gasteiger partial charge in [-0.1, -0.05) is 48.6 Å². The van der Waals surface area contributed by atoms with Crippen molar-refractivity contribution in [2.24, 2.45) is 5.92 Å². The van der Waals surface area contributed by atoms with Crippen LogP contribution < -0.4 is 5.32 Å². The van der Waals surface area contributed by atoms with Crippen molar-refractivity contribution in [3.8, 4) is 10.6 Å². The Bertz CT molecular complexity index is 852. The highest BCUT2D eigenvalue weighted by molar-refractivity contribution is 7.89. The van der Waals surface area contributed by atoms with Gasteiger partial charge in [0.15, 0.2) is 0 Å². The second-order valence-electron chi connectivity index (χ2n) is 6.28. The summed E-state index contributed by atoms with van der Waals surface area (Å²) in [5.41, 5.74) is 0.944. The predicted octanol–water partition coefficient (Wildman–Crippen LogP) is 2.60. The minimum absolute atomic E-state index is 0.123. The van der Waals surface area contributed by atoms with Gasteiger partial charge in [0.2, 0.25) is 21.1 Å². The lowest BCUT2D eigenvalue weighted by Crippen LogP contribution is -2.44. The third kappa shape index (κ3) is 4.46. The van der Waals surface area contributed by atoms with Crippen LogP contribution in [0.1, 0.15) is 26.2 Å². The van der Waals surface area contributed by atoms with Crippen LogP contribution in [0.3, 0.4) is 0 Å². The zero-order valence-electron chi connectivity index (χ0n) is 14.6. The Hall–Kier alpha value is -1.84. The van der Waals surface area contributed by atoms with Crippen LogP contribution in [0.2, 0.25) is 0 Å². The molecule has 1 aliphatic heterocycles. The van der Waals surface area contributed by atoms with Crippen molar-refractivity contribution >= 4 is 32.4 Å². The number of sulfonamides is 1. The Morgan fingerprint density at radius 3 is 2.81 bits per heavy atom. The first-order chi connectivity index (χ1) is 12.5. The maximum atomic E-state index is 12.5. The molecular formula is C17H22N4O3S2. The number of hydrogen-bond acceptors (Lipinski definition) is 6. The fourth-order valence-electron chi connectivity index (χ4n) is 2.97. The van der Waals surface area contributed by atoms with Gasteiger partial charge in [-0.05, 0) is 19.3 Å². The molecule has 0 unspecified atom stereocenters. The maximum absolute atomic E-state index is 12.5. The van der Waals surface area contributed by atoms with Gasteiger partial charge >= 0.3 is 0 Å². The van der Waals surface area contributed by atoms with E-state index in [0.717, 1.165) is 10.6 Å². The molecule has 0 radical (unpaired) electrons. The topological polar surface area (TPSA) is 92.3 Å². The molecular weight excluding hydrogens is 372 g/mol. The fourth-order valence-corrected chi connectivity index (χ4v) is 5.32. The Balaban J connectivity index is 1.64. The first-order valence-electron chi connectivity index (χ1n) is 8.67. The minimum Gasteiger partial charge on any atom is -0.300 e. The molecule has 1 fully saturated rings. The van der Waals surface area contributed by atoms with Crippen molar-refractivity contribution in [1.82, 2.24) is 14.5 Å². The predicted molar refractivity (Wildman–Crippen MR) is 102 cm³/mol. The molecule has 9 heteroatoms. The van der Waals surface area contributed by atoms with E-state index in [0.29, 0.717) is 30.9 Å². The van der Waals surface area contributed by atoms with Crippen LogP contribution >= 0.6 is 11.3 Å². The normalized spacial score (nSPS) is 18.6. The second-order valence-corrected chi connectivity index (χ2v) is 9.35. The third-order valence-corrected chi connectivity index (χ3v) is 7.22. The van der Waals surface area contributed by atoms with Crippen LogP contribution in [0, 0.1) is 5.92 Å². The quantitative estimate of drug-likeness (QED) is 0.813. The highest BCUT2D eigenvalue weighted by Crippen LogP contribution is 2.27. The molecule has 0 spiro atoms. The summed E-state index contributed by atoms with van der Waals surface area (Å²) in [7, 11) is -3.28. The van der Waals surface area contributed by atoms with E-state index in [2.05, 4.69) is 15.5 Å². The van der Waals surface area contributed by atoms with E-state index in [9.17, 15) is 13.2 Å². The van der Waals surface area contributed by atoms with Gasteiger partial charge < -0.3 is 5.32 Å². The monoisotopic (exact) mass is 394 g/mol. The van der Waals surface area contributed by atoms with Gasteiger partial charge in [-0.15, -0.1) is 10.2 Å². The molecule has 2 aromatic rings. The molecule has 0 aliphatic carbocycles. The number of rotatable bonds is 6. The van der Waals surface area contributed by atoms with Crippen LogP contribution in [0.4, 0.5) is 5.13 Å². The van der Waals surface area contributed by atoms with E-state index in [1.807, 2.05) is 37.3 Å². The van der Waals surface area contributed by atoms with Gasteiger partial charge in [-0.3, -0.25) is 4.79 Å². The lowest BCUT2D eigenvalue weighted by Gasteiger charge is -2.30. The number of benzene rings is 1. The van der Waals surface area contributed by atoms with Gasteiger partial charge in [-0.25, -0.2) is 12.7 Å². The van der Waals surface area contributed by atoms with Crippen molar-refractivity contribution in [2.75, 3.05) is 24.2 Å². The average Bonchev–Trinajstić information content (AvgIpc) is 3.11. The van der Waals surface area contributed by atoms with Crippen molar-refractivity contribution < 1.29 is 13.2 Å². The highest BCUT2D eigenvalue weighted by atomic mass is 32.2. The summed E-state index contributed by atoms with van der Waals surface area (Å²) < 4.78 is 25.9. The van der Waals surface area contributed by atoms with Crippen LogP contribution in [-0.2, 0) is 14.8 Å². The number of nitrogens with zero attached hydrogens (tertiary/aromatic N) is 3. The Morgan fingerprint density at radius 2 is 2.08 bits per heavy atom. The summed E-state index contributed by atoms with van der Waals surface area (Å²) in [6.07, 6.45) is 1.93. The number of carbonyl (C=O) groups excluding carboxylic acids is 1. The van der Waals surface area contributed by atoms with Gasteiger partial charge in [0.25, 0.3) is 0 Å². The highest BCUT2D eigenvalue weighted by Gasteiger charge is 2.32. The second kappa shape index (κ2) is 8.24. The summed E-state index contributed by atoms with van der Waals surface area (Å²) in [4.78, 5) is 12.5. The molecule has 0 bridgehead atoms. The number of aromatic nitrogens is 2. The molecule has 1 atom stereocenters. The molecule has 3 rings (SSSR count). The standard InChI is InChI=1S/C17H22N4O3S2/c1-2-11-26(23,24)21-10-6-9-14(12-21)15(22)18-17-20-19-16(25-17)13-7-4-3-5-8-13/h3-5,7-8,14H,2,6,9-12H2,1H3,(H,18,20,22)/t14-/m1/s1. The van der Waals surface area contributed by atoms with E-state index in [4.69, 9.17) is 0 Å². The number of hydrogen-bond donors (Lipinski definition) is 1. The summed E-state index contributed by atoms with van der Waals surface area (Å²) >= 11 is 1.31. The van der Waals surface area contributed by atoms with Crippen LogP contribution in [0.25, 0.3) is 10.6 Å². The molecule has 1 N–H and O–H groups in total. The average molecular weight is 395 g/mol. The minimum atomic E-state index is -3.28. The van der Waals surface area contributed by atoms with Crippen molar-refractivity contribution in [3.63, 3.8) is 0 Å². The van der Waals surface area contributed by atoms with E-state index in [1.165, 1.54) is 15.6 Å². The van der Waals surface area contributed by atoms with E-state index < -0.39 is 10.0 Å². The summed E-state index contributed by atoms with van der Waals surface area (Å²) in [5.74, 6) is -0.435. The number of amides is 1. The lowest BCUT2D eigenvalue weighted by atomic mass is 9.99. The lowest BCUT2D eigenvalue weighted by molar-refractivity contribution is -0.120. The first-order valence-corrected chi connectivity index (χ1v) is 11.1. The van der Waals surface area contributed by atoms with Crippen LogP contribution in [0.15, 0.2) is 30.3 Å². The number of carbonyl (C=O) groups is 1. The smallest absolute Gasteiger partial charge is 0.230 e. The molecule has 2 heterocycles. The molecule has 1 aromatic heterocycles. The number of nitrogens with one attached hydrogen (secondary N) is 1. The van der Waals surface area contributed by atoms with Crippen molar-refractivity contribution in [3.05, 3.63) is 30.3 Å². The summed E-state index contributed by atoms with van der Waals surface area (Å²) in [6, 6.07) is 9.63. The molecule has 1 aliphatic rings. The van der Waals surface area contributed by atoms with Gasteiger partial charge in [0.05, 0.1) is 11.7 Å². The molecule has 7 nitrogen and oxygen atoms in total. The molecule has 1 amide bonds. The van der Waals surface area contributed by atoms with E-state index >= 15 is 0 Å². The van der Waals surface area contributed by atoms with Crippen molar-refractivity contribution in [2.45, 2.75) is 26.2 Å². The summed E-state index contributed by atoms with van der Waals surface area (Å²) in [5, 5.41) is 12.1. The largest absolute Gasteiger partial charge is 0.300 e. The zero-order valence-corrected chi connectivity index (χ0v) is 16.2.